The lowest BCUT2D eigenvalue weighted by molar-refractivity contribution is -0.140. The van der Waals surface area contributed by atoms with Crippen molar-refractivity contribution in [2.24, 2.45) is 0 Å². The topological polar surface area (TPSA) is 69.6 Å². The van der Waals surface area contributed by atoms with Crippen LogP contribution in [0.25, 0.3) is 23.3 Å². The quantitative estimate of drug-likeness (QED) is 0.446. The number of aliphatic carboxylic acids is 1. The number of nitrogens with one attached hydrogen (secondary N) is 1. The van der Waals surface area contributed by atoms with Crippen LogP contribution in [0.4, 0.5) is 0 Å². The van der Waals surface area contributed by atoms with Gasteiger partial charge in [-0.05, 0) is 52.4 Å². The molecule has 0 aliphatic rings. The van der Waals surface area contributed by atoms with E-state index in [9.17, 15) is 4.79 Å². The second kappa shape index (κ2) is 10.2. The fraction of sp³-hybridized carbons (Fsp3) is 0.160. The Hall–Kier alpha value is -2.92. The third kappa shape index (κ3) is 5.36. The summed E-state index contributed by atoms with van der Waals surface area (Å²) in [6.07, 6.45) is 4.00. The average molecular weight is 422 g/mol. The molecule has 1 atom stereocenters. The highest BCUT2D eigenvalue weighted by Crippen LogP contribution is 2.27. The van der Waals surface area contributed by atoms with Gasteiger partial charge in [-0.25, -0.2) is 0 Å². The number of hydrogen-bond donors (Lipinski definition) is 3. The molecule has 5 heteroatoms. The summed E-state index contributed by atoms with van der Waals surface area (Å²) >= 11 is 6.36. The van der Waals surface area contributed by atoms with Gasteiger partial charge in [0.25, 0.3) is 0 Å². The van der Waals surface area contributed by atoms with E-state index in [0.29, 0.717) is 11.6 Å². The van der Waals surface area contributed by atoms with Crippen molar-refractivity contribution in [2.75, 3.05) is 6.61 Å². The summed E-state index contributed by atoms with van der Waals surface area (Å²) in [5, 5.41) is 21.6. The number of hydrogen-bond acceptors (Lipinski definition) is 3. The summed E-state index contributed by atoms with van der Waals surface area (Å²) in [7, 11) is 0. The Balaban J connectivity index is 1.82. The predicted octanol–water partition coefficient (Wildman–Crippen LogP) is 5.02. The van der Waals surface area contributed by atoms with E-state index in [2.05, 4.69) is 36.5 Å². The molecular formula is C25H24ClNO3. The van der Waals surface area contributed by atoms with Gasteiger partial charge in [-0.2, -0.15) is 0 Å². The smallest absolute Gasteiger partial charge is 0.323 e. The molecule has 0 saturated carbocycles. The maximum absolute atomic E-state index is 11.0. The zero-order chi connectivity index (χ0) is 21.5. The van der Waals surface area contributed by atoms with Crippen LogP contribution in [0.15, 0.2) is 66.7 Å². The van der Waals surface area contributed by atoms with Crippen molar-refractivity contribution in [2.45, 2.75) is 19.5 Å². The van der Waals surface area contributed by atoms with E-state index in [-0.39, 0.29) is 0 Å². The summed E-state index contributed by atoms with van der Waals surface area (Å²) in [6.45, 7) is 1.95. The summed E-state index contributed by atoms with van der Waals surface area (Å²) in [5.74, 6) is -1.08. The molecule has 3 rings (SSSR count). The molecule has 0 aliphatic heterocycles. The number of halogens is 1. The summed E-state index contributed by atoms with van der Waals surface area (Å²) < 4.78 is 0. The van der Waals surface area contributed by atoms with Crippen LogP contribution in [-0.2, 0) is 11.3 Å². The normalized spacial score (nSPS) is 12.2. The number of benzene rings is 3. The van der Waals surface area contributed by atoms with Crippen molar-refractivity contribution in [3.05, 3.63) is 94.0 Å². The predicted molar refractivity (Wildman–Crippen MR) is 122 cm³/mol. The number of carboxylic acid groups (broad SMARTS) is 1. The summed E-state index contributed by atoms with van der Waals surface area (Å²) in [6, 6.07) is 21.0. The lowest BCUT2D eigenvalue weighted by Crippen LogP contribution is -2.39. The number of aliphatic hydroxyl groups is 1. The molecule has 0 saturated heterocycles. The molecule has 0 heterocycles. The number of aliphatic hydroxyl groups excluding tert-OH is 1. The highest BCUT2D eigenvalue weighted by Gasteiger charge is 2.15. The minimum absolute atomic E-state index is 0.318. The Morgan fingerprint density at radius 3 is 2.47 bits per heavy atom. The van der Waals surface area contributed by atoms with E-state index in [0.717, 1.165) is 16.7 Å². The molecule has 154 valence electrons. The number of carboxylic acids is 1. The molecular weight excluding hydrogens is 398 g/mol. The molecule has 0 fully saturated rings. The first-order chi connectivity index (χ1) is 14.5. The van der Waals surface area contributed by atoms with E-state index in [4.69, 9.17) is 21.8 Å². The SMILES string of the molecule is Cc1c(/C=C/c2cc(CN[C@H](CO)C(=O)O)ccc2Cl)cccc1-c1ccccc1. The minimum Gasteiger partial charge on any atom is -0.480 e. The monoisotopic (exact) mass is 421 g/mol. The third-order valence-electron chi connectivity index (χ3n) is 5.00. The third-order valence-corrected chi connectivity index (χ3v) is 5.34. The van der Waals surface area contributed by atoms with Gasteiger partial charge >= 0.3 is 5.97 Å². The zero-order valence-electron chi connectivity index (χ0n) is 16.7. The van der Waals surface area contributed by atoms with E-state index < -0.39 is 18.6 Å². The van der Waals surface area contributed by atoms with Gasteiger partial charge in [-0.15, -0.1) is 0 Å². The fourth-order valence-corrected chi connectivity index (χ4v) is 3.43. The van der Waals surface area contributed by atoms with E-state index >= 15 is 0 Å². The van der Waals surface area contributed by atoms with Gasteiger partial charge in [0, 0.05) is 11.6 Å². The van der Waals surface area contributed by atoms with Crippen LogP contribution in [0.5, 0.6) is 0 Å². The molecule has 0 bridgehead atoms. The lowest BCUT2D eigenvalue weighted by Gasteiger charge is -2.12. The first-order valence-corrected chi connectivity index (χ1v) is 10.1. The maximum atomic E-state index is 11.0. The molecule has 0 amide bonds. The van der Waals surface area contributed by atoms with Gasteiger partial charge in [0.05, 0.1) is 6.61 Å². The van der Waals surface area contributed by atoms with Crippen LogP contribution in [-0.4, -0.2) is 28.8 Å². The molecule has 0 spiro atoms. The molecule has 0 aromatic heterocycles. The number of rotatable bonds is 8. The minimum atomic E-state index is -1.08. The first-order valence-electron chi connectivity index (χ1n) is 9.68. The molecule has 3 aromatic carbocycles. The highest BCUT2D eigenvalue weighted by atomic mass is 35.5. The Morgan fingerprint density at radius 2 is 1.77 bits per heavy atom. The van der Waals surface area contributed by atoms with Crippen molar-refractivity contribution >= 4 is 29.7 Å². The van der Waals surface area contributed by atoms with Crippen molar-refractivity contribution in [3.63, 3.8) is 0 Å². The molecule has 0 unspecified atom stereocenters. The van der Waals surface area contributed by atoms with Crippen LogP contribution >= 0.6 is 11.6 Å². The van der Waals surface area contributed by atoms with E-state index in [1.165, 1.54) is 16.7 Å². The molecule has 30 heavy (non-hydrogen) atoms. The Bertz CT molecular complexity index is 1050. The van der Waals surface area contributed by atoms with Crippen molar-refractivity contribution in [3.8, 4) is 11.1 Å². The van der Waals surface area contributed by atoms with Gasteiger partial charge in [0.2, 0.25) is 0 Å². The lowest BCUT2D eigenvalue weighted by atomic mass is 9.96. The molecule has 3 aromatic rings. The van der Waals surface area contributed by atoms with Crippen LogP contribution < -0.4 is 5.32 Å². The average Bonchev–Trinajstić information content (AvgIpc) is 2.75. The highest BCUT2D eigenvalue weighted by molar-refractivity contribution is 6.32. The fourth-order valence-electron chi connectivity index (χ4n) is 3.25. The maximum Gasteiger partial charge on any atom is 0.323 e. The van der Waals surface area contributed by atoms with Gasteiger partial charge in [-0.1, -0.05) is 78.4 Å². The first kappa shape index (κ1) is 21.8. The zero-order valence-corrected chi connectivity index (χ0v) is 17.4. The van der Waals surface area contributed by atoms with Crippen LogP contribution in [0.3, 0.4) is 0 Å². The van der Waals surface area contributed by atoms with E-state index in [1.807, 2.05) is 48.6 Å². The van der Waals surface area contributed by atoms with Crippen LogP contribution in [0, 0.1) is 6.92 Å². The molecule has 0 radical (unpaired) electrons. The van der Waals surface area contributed by atoms with Gasteiger partial charge in [0.15, 0.2) is 0 Å². The molecule has 4 nitrogen and oxygen atoms in total. The second-order valence-corrected chi connectivity index (χ2v) is 7.44. The largest absolute Gasteiger partial charge is 0.480 e. The Labute approximate surface area is 181 Å². The van der Waals surface area contributed by atoms with Gasteiger partial charge in [-0.3, -0.25) is 10.1 Å². The molecule has 3 N–H and O–H groups in total. The van der Waals surface area contributed by atoms with Gasteiger partial charge in [0.1, 0.15) is 6.04 Å². The van der Waals surface area contributed by atoms with Crippen molar-refractivity contribution < 1.29 is 15.0 Å². The Morgan fingerprint density at radius 1 is 1.03 bits per heavy atom. The molecule has 0 aliphatic carbocycles. The summed E-state index contributed by atoms with van der Waals surface area (Å²) in [5.41, 5.74) is 6.37. The summed E-state index contributed by atoms with van der Waals surface area (Å²) in [4.78, 5) is 11.0. The van der Waals surface area contributed by atoms with Crippen LogP contribution in [0.2, 0.25) is 5.02 Å². The van der Waals surface area contributed by atoms with Crippen molar-refractivity contribution in [1.82, 2.24) is 5.32 Å². The van der Waals surface area contributed by atoms with Crippen LogP contribution in [0.1, 0.15) is 22.3 Å². The van der Waals surface area contributed by atoms with Gasteiger partial charge < -0.3 is 10.2 Å². The number of carbonyl (C=O) groups is 1. The van der Waals surface area contributed by atoms with E-state index in [1.54, 1.807) is 6.07 Å². The van der Waals surface area contributed by atoms with Crippen molar-refractivity contribution in [1.29, 1.82) is 0 Å². The Kier molecular flexibility index (Phi) is 7.41. The second-order valence-electron chi connectivity index (χ2n) is 7.03. The standard InChI is InChI=1S/C25H24ClNO3/c1-17-19(8-5-9-22(17)20-6-3-2-4-7-20)11-12-21-14-18(10-13-23(21)26)15-27-24(16-28)25(29)30/h2-14,24,27-28H,15-16H2,1H3,(H,29,30)/b12-11+/t24-/m1/s1.